The molecule has 3 aromatic heterocycles. The summed E-state index contributed by atoms with van der Waals surface area (Å²) in [6.45, 7) is 1.80. The number of hydrogen-bond acceptors (Lipinski definition) is 4. The molecule has 0 aliphatic heterocycles. The number of nitrogens with zero attached hydrogens (tertiary/aromatic N) is 4. The van der Waals surface area contributed by atoms with E-state index in [0.717, 1.165) is 10.1 Å². The Bertz CT molecular complexity index is 1210. The SMILES string of the molecule is Cc1cc(-n2cc3c(c2-c2ccccc2)c(=O)n(C)c(=O)n3C)no1. The molecule has 1 aromatic carbocycles. The van der Waals surface area contributed by atoms with Crippen molar-refractivity contribution in [2.24, 2.45) is 14.1 Å². The van der Waals surface area contributed by atoms with Gasteiger partial charge in [-0.2, -0.15) is 0 Å². The van der Waals surface area contributed by atoms with Crippen LogP contribution in [0.5, 0.6) is 0 Å². The van der Waals surface area contributed by atoms with Gasteiger partial charge in [-0.25, -0.2) is 4.79 Å². The van der Waals surface area contributed by atoms with E-state index in [9.17, 15) is 9.59 Å². The maximum absolute atomic E-state index is 12.8. The number of benzene rings is 1. The zero-order valence-corrected chi connectivity index (χ0v) is 14.1. The lowest BCUT2D eigenvalue weighted by Crippen LogP contribution is -2.36. The third kappa shape index (κ3) is 2.16. The second kappa shape index (κ2) is 5.34. The van der Waals surface area contributed by atoms with Crippen molar-refractivity contribution < 1.29 is 4.52 Å². The topological polar surface area (TPSA) is 75.0 Å². The van der Waals surface area contributed by atoms with Gasteiger partial charge >= 0.3 is 5.69 Å². The molecule has 0 amide bonds. The Kier molecular flexibility index (Phi) is 3.24. The van der Waals surface area contributed by atoms with Crippen LogP contribution in [0.15, 0.2) is 56.7 Å². The summed E-state index contributed by atoms with van der Waals surface area (Å²) < 4.78 is 9.56. The van der Waals surface area contributed by atoms with Crippen LogP contribution in [-0.4, -0.2) is 18.9 Å². The van der Waals surface area contributed by atoms with E-state index >= 15 is 0 Å². The number of aryl methyl sites for hydroxylation is 2. The lowest BCUT2D eigenvalue weighted by atomic mass is 10.1. The summed E-state index contributed by atoms with van der Waals surface area (Å²) in [5.74, 6) is 1.22. The maximum Gasteiger partial charge on any atom is 0.330 e. The van der Waals surface area contributed by atoms with E-state index in [1.54, 1.807) is 30.8 Å². The van der Waals surface area contributed by atoms with Crippen LogP contribution in [0.3, 0.4) is 0 Å². The highest BCUT2D eigenvalue weighted by molar-refractivity contribution is 5.94. The fraction of sp³-hybridized carbons (Fsp3) is 0.167. The lowest BCUT2D eigenvalue weighted by Gasteiger charge is -2.07. The Hall–Kier alpha value is -3.35. The summed E-state index contributed by atoms with van der Waals surface area (Å²) in [4.78, 5) is 25.1. The van der Waals surface area contributed by atoms with Crippen molar-refractivity contribution in [3.63, 3.8) is 0 Å². The van der Waals surface area contributed by atoms with Gasteiger partial charge in [0.15, 0.2) is 5.82 Å². The summed E-state index contributed by atoms with van der Waals surface area (Å²) in [7, 11) is 3.13. The van der Waals surface area contributed by atoms with Gasteiger partial charge in [-0.1, -0.05) is 35.5 Å². The summed E-state index contributed by atoms with van der Waals surface area (Å²) in [6, 6.07) is 11.3. The Morgan fingerprint density at radius 3 is 2.40 bits per heavy atom. The molecule has 0 fully saturated rings. The molecule has 0 bridgehead atoms. The third-order valence-electron chi connectivity index (χ3n) is 4.35. The molecule has 0 saturated carbocycles. The van der Waals surface area contributed by atoms with Crippen molar-refractivity contribution in [2.45, 2.75) is 6.92 Å². The first kappa shape index (κ1) is 15.2. The van der Waals surface area contributed by atoms with Crippen molar-refractivity contribution in [2.75, 3.05) is 0 Å². The fourth-order valence-corrected chi connectivity index (χ4v) is 3.07. The molecule has 126 valence electrons. The van der Waals surface area contributed by atoms with Crippen LogP contribution in [0.25, 0.3) is 28.0 Å². The molecule has 0 N–H and O–H groups in total. The van der Waals surface area contributed by atoms with E-state index in [-0.39, 0.29) is 11.2 Å². The Morgan fingerprint density at radius 2 is 1.76 bits per heavy atom. The molecule has 7 heteroatoms. The molecule has 3 heterocycles. The van der Waals surface area contributed by atoms with Crippen molar-refractivity contribution in [1.82, 2.24) is 18.9 Å². The normalized spacial score (nSPS) is 11.3. The summed E-state index contributed by atoms with van der Waals surface area (Å²) >= 11 is 0. The van der Waals surface area contributed by atoms with E-state index < -0.39 is 0 Å². The minimum Gasteiger partial charge on any atom is -0.360 e. The Labute approximate surface area is 142 Å². The van der Waals surface area contributed by atoms with Gasteiger partial charge in [0.05, 0.1) is 16.6 Å². The monoisotopic (exact) mass is 336 g/mol. The van der Waals surface area contributed by atoms with Gasteiger partial charge in [0.1, 0.15) is 5.76 Å². The first-order valence-corrected chi connectivity index (χ1v) is 7.79. The molecule has 25 heavy (non-hydrogen) atoms. The highest BCUT2D eigenvalue weighted by atomic mass is 16.5. The number of aromatic nitrogens is 4. The smallest absolute Gasteiger partial charge is 0.330 e. The van der Waals surface area contributed by atoms with Gasteiger partial charge in [-0.15, -0.1) is 0 Å². The van der Waals surface area contributed by atoms with Gasteiger partial charge in [0.25, 0.3) is 5.56 Å². The molecular formula is C18H16N4O3. The summed E-state index contributed by atoms with van der Waals surface area (Å²) in [5.41, 5.74) is 1.38. The third-order valence-corrected chi connectivity index (χ3v) is 4.35. The minimum absolute atomic E-state index is 0.337. The second-order valence-electron chi connectivity index (χ2n) is 5.98. The largest absolute Gasteiger partial charge is 0.360 e. The van der Waals surface area contributed by atoms with Crippen LogP contribution in [0, 0.1) is 6.92 Å². The molecule has 0 atom stereocenters. The Morgan fingerprint density at radius 1 is 1.04 bits per heavy atom. The molecular weight excluding hydrogens is 320 g/mol. The van der Waals surface area contributed by atoms with Gasteiger partial charge in [-0.05, 0) is 12.5 Å². The van der Waals surface area contributed by atoms with Crippen LogP contribution in [0.2, 0.25) is 0 Å². The van der Waals surface area contributed by atoms with E-state index in [2.05, 4.69) is 5.16 Å². The van der Waals surface area contributed by atoms with Gasteiger partial charge < -0.3 is 4.52 Å². The predicted molar refractivity (Wildman–Crippen MR) is 94.0 cm³/mol. The minimum atomic E-state index is -0.370. The standard InChI is InChI=1S/C18H16N4O3/c1-11-9-14(19-25-11)22-10-13-15(16(22)12-7-5-4-6-8-12)17(23)21(3)18(24)20(13)2/h4-10H,1-3H3. The van der Waals surface area contributed by atoms with Gasteiger partial charge in [-0.3, -0.25) is 18.5 Å². The van der Waals surface area contributed by atoms with E-state index in [4.69, 9.17) is 4.52 Å². The van der Waals surface area contributed by atoms with E-state index in [0.29, 0.717) is 28.2 Å². The molecule has 7 nitrogen and oxygen atoms in total. The van der Waals surface area contributed by atoms with E-state index in [1.165, 1.54) is 11.6 Å². The molecule has 0 aliphatic rings. The predicted octanol–water partition coefficient (Wildman–Crippen LogP) is 1.99. The number of fused-ring (bicyclic) bond motifs is 1. The summed E-state index contributed by atoms with van der Waals surface area (Å²) in [5, 5.41) is 4.53. The number of hydrogen-bond donors (Lipinski definition) is 0. The van der Waals surface area contributed by atoms with Crippen molar-refractivity contribution in [3.05, 3.63) is 69.2 Å². The quantitative estimate of drug-likeness (QED) is 0.561. The van der Waals surface area contributed by atoms with Gasteiger partial charge in [0.2, 0.25) is 0 Å². The van der Waals surface area contributed by atoms with Crippen LogP contribution < -0.4 is 11.2 Å². The van der Waals surface area contributed by atoms with Crippen molar-refractivity contribution >= 4 is 10.9 Å². The lowest BCUT2D eigenvalue weighted by molar-refractivity contribution is 0.395. The molecule has 0 spiro atoms. The van der Waals surface area contributed by atoms with Crippen molar-refractivity contribution in [1.29, 1.82) is 0 Å². The van der Waals surface area contributed by atoms with Crippen LogP contribution in [0.1, 0.15) is 5.76 Å². The van der Waals surface area contributed by atoms with E-state index in [1.807, 2.05) is 30.3 Å². The molecule has 0 aliphatic carbocycles. The molecule has 4 rings (SSSR count). The first-order chi connectivity index (χ1) is 12.0. The molecule has 4 aromatic rings. The van der Waals surface area contributed by atoms with Crippen molar-refractivity contribution in [3.8, 4) is 17.1 Å². The van der Waals surface area contributed by atoms with Crippen LogP contribution >= 0.6 is 0 Å². The first-order valence-electron chi connectivity index (χ1n) is 7.79. The highest BCUT2D eigenvalue weighted by Crippen LogP contribution is 2.30. The number of rotatable bonds is 2. The average Bonchev–Trinajstić information content (AvgIpc) is 3.22. The van der Waals surface area contributed by atoms with Crippen LogP contribution in [-0.2, 0) is 14.1 Å². The maximum atomic E-state index is 12.8. The highest BCUT2D eigenvalue weighted by Gasteiger charge is 2.21. The zero-order valence-electron chi connectivity index (χ0n) is 14.1. The molecule has 0 saturated heterocycles. The molecule has 0 radical (unpaired) electrons. The van der Waals surface area contributed by atoms with Gasteiger partial charge in [0, 0.05) is 26.4 Å². The Balaban J connectivity index is 2.23. The zero-order chi connectivity index (χ0) is 17.7. The fourth-order valence-electron chi connectivity index (χ4n) is 3.07. The summed E-state index contributed by atoms with van der Waals surface area (Å²) in [6.07, 6.45) is 1.75. The second-order valence-corrected chi connectivity index (χ2v) is 5.98. The molecule has 0 unspecified atom stereocenters. The average molecular weight is 336 g/mol. The van der Waals surface area contributed by atoms with Crippen LogP contribution in [0.4, 0.5) is 0 Å².